The molecule has 5 heteroatoms. The largest absolute Gasteiger partial charge is 0.497 e. The maximum Gasteiger partial charge on any atom is 0.339 e. The molecule has 0 radical (unpaired) electrons. The van der Waals surface area contributed by atoms with Gasteiger partial charge in [0.1, 0.15) is 5.75 Å². The molecule has 106 valence electrons. The molecular weight excluding hydrogens is 260 g/mol. The molecule has 0 saturated heterocycles. The first-order valence-electron chi connectivity index (χ1n) is 6.32. The van der Waals surface area contributed by atoms with Crippen LogP contribution in [0.2, 0.25) is 25.7 Å². The third kappa shape index (κ3) is 5.44. The van der Waals surface area contributed by atoms with Gasteiger partial charge in [-0.3, -0.25) is 0 Å². The molecule has 1 aromatic carbocycles. The van der Waals surface area contributed by atoms with Gasteiger partial charge in [-0.25, -0.2) is 4.79 Å². The Morgan fingerprint density at radius 2 is 1.84 bits per heavy atom. The van der Waals surface area contributed by atoms with Crippen LogP contribution < -0.4 is 4.74 Å². The lowest BCUT2D eigenvalue weighted by Gasteiger charge is -2.16. The zero-order valence-corrected chi connectivity index (χ0v) is 13.0. The molecule has 19 heavy (non-hydrogen) atoms. The highest BCUT2D eigenvalue weighted by atomic mass is 28.3. The number of carbonyl (C=O) groups is 1. The van der Waals surface area contributed by atoms with Crippen molar-refractivity contribution in [2.45, 2.75) is 31.8 Å². The Hall–Kier alpha value is -1.33. The molecule has 0 aliphatic heterocycles. The molecule has 1 N–H and O–H groups in total. The highest BCUT2D eigenvalue weighted by molar-refractivity contribution is 6.76. The van der Waals surface area contributed by atoms with E-state index in [-0.39, 0.29) is 0 Å². The Labute approximate surface area is 115 Å². The third-order valence-electron chi connectivity index (χ3n) is 2.75. The first-order valence-corrected chi connectivity index (χ1v) is 10.0. The van der Waals surface area contributed by atoms with Gasteiger partial charge in [0.2, 0.25) is 0 Å². The molecule has 0 aromatic heterocycles. The number of rotatable bonds is 6. The fraction of sp³-hybridized carbons (Fsp3) is 0.500. The average molecular weight is 282 g/mol. The van der Waals surface area contributed by atoms with E-state index >= 15 is 0 Å². The maximum absolute atomic E-state index is 11.7. The monoisotopic (exact) mass is 282 g/mol. The molecule has 0 unspecified atom stereocenters. The Morgan fingerprint density at radius 1 is 1.26 bits per heavy atom. The lowest BCUT2D eigenvalue weighted by atomic mass is 10.1. The van der Waals surface area contributed by atoms with Crippen LogP contribution in [0.1, 0.15) is 11.7 Å². The molecule has 0 aliphatic carbocycles. The summed E-state index contributed by atoms with van der Waals surface area (Å²) in [6.45, 7) is 7.00. The minimum absolute atomic E-state index is 0.377. The molecule has 4 nitrogen and oxygen atoms in total. The predicted octanol–water partition coefficient (Wildman–Crippen LogP) is 2.61. The van der Waals surface area contributed by atoms with Crippen LogP contribution in [0.25, 0.3) is 0 Å². The Kier molecular flexibility index (Phi) is 5.56. The summed E-state index contributed by atoms with van der Waals surface area (Å²) in [5.74, 6) is 0.0893. The molecule has 1 rings (SSSR count). The van der Waals surface area contributed by atoms with Gasteiger partial charge < -0.3 is 14.6 Å². The van der Waals surface area contributed by atoms with E-state index in [0.717, 1.165) is 6.04 Å². The summed E-state index contributed by atoms with van der Waals surface area (Å²) in [5, 5.41) is 9.88. The lowest BCUT2D eigenvalue weighted by Crippen LogP contribution is -2.24. The van der Waals surface area contributed by atoms with Gasteiger partial charge in [0.05, 0.1) is 13.7 Å². The normalized spacial score (nSPS) is 12.9. The van der Waals surface area contributed by atoms with Crippen LogP contribution in [0.4, 0.5) is 0 Å². The highest BCUT2D eigenvalue weighted by Gasteiger charge is 2.20. The summed E-state index contributed by atoms with van der Waals surface area (Å²) in [6, 6.07) is 7.61. The summed E-state index contributed by atoms with van der Waals surface area (Å²) >= 11 is 0. The van der Waals surface area contributed by atoms with Crippen LogP contribution in [0, 0.1) is 0 Å². The number of esters is 1. The molecular formula is C14H22O4Si. The molecule has 0 spiro atoms. The fourth-order valence-corrected chi connectivity index (χ4v) is 2.17. The molecule has 0 heterocycles. The summed E-state index contributed by atoms with van der Waals surface area (Å²) in [4.78, 5) is 11.7. The van der Waals surface area contributed by atoms with Crippen LogP contribution in [0.15, 0.2) is 24.3 Å². The Morgan fingerprint density at radius 3 is 2.32 bits per heavy atom. The number of aliphatic hydroxyl groups is 1. The van der Waals surface area contributed by atoms with Crippen LogP contribution in [0.5, 0.6) is 5.75 Å². The standard InChI is InChI=1S/C14H22O4Si/c1-17-12-7-5-11(6-8-12)13(15)14(16)18-9-10-19(2,3)4/h5-8,13,15H,9-10H2,1-4H3/t13-/m1/s1. The predicted molar refractivity (Wildman–Crippen MR) is 77.1 cm³/mol. The van der Waals surface area contributed by atoms with Crippen molar-refractivity contribution in [3.8, 4) is 5.75 Å². The minimum atomic E-state index is -1.23. The number of hydrogen-bond donors (Lipinski definition) is 1. The fourth-order valence-electron chi connectivity index (χ4n) is 1.46. The Balaban J connectivity index is 2.51. The summed E-state index contributed by atoms with van der Waals surface area (Å²) in [7, 11) is 0.340. The van der Waals surface area contributed by atoms with Gasteiger partial charge in [0, 0.05) is 8.07 Å². The van der Waals surface area contributed by atoms with Crippen molar-refractivity contribution < 1.29 is 19.4 Å². The number of benzene rings is 1. The van der Waals surface area contributed by atoms with E-state index in [1.165, 1.54) is 0 Å². The first kappa shape index (κ1) is 15.7. The molecule has 0 bridgehead atoms. The summed E-state index contributed by atoms with van der Waals surface area (Å²) in [6.07, 6.45) is -1.23. The van der Waals surface area contributed by atoms with Crippen LogP contribution in [-0.4, -0.2) is 32.9 Å². The number of aliphatic hydroxyl groups excluding tert-OH is 1. The van der Waals surface area contributed by atoms with E-state index in [0.29, 0.717) is 17.9 Å². The summed E-state index contributed by atoms with van der Waals surface area (Å²) in [5.41, 5.74) is 0.513. The highest BCUT2D eigenvalue weighted by Crippen LogP contribution is 2.19. The van der Waals surface area contributed by atoms with Crippen molar-refractivity contribution in [1.29, 1.82) is 0 Å². The van der Waals surface area contributed by atoms with Crippen molar-refractivity contribution in [2.24, 2.45) is 0 Å². The van der Waals surface area contributed by atoms with E-state index < -0.39 is 20.1 Å². The molecule has 0 saturated carbocycles. The van der Waals surface area contributed by atoms with Gasteiger partial charge in [-0.1, -0.05) is 31.8 Å². The molecule has 1 aromatic rings. The van der Waals surface area contributed by atoms with Gasteiger partial charge in [-0.05, 0) is 23.7 Å². The number of methoxy groups -OCH3 is 1. The quantitative estimate of drug-likeness (QED) is 0.643. The third-order valence-corrected chi connectivity index (χ3v) is 4.46. The van der Waals surface area contributed by atoms with Gasteiger partial charge in [0.15, 0.2) is 6.10 Å². The zero-order valence-electron chi connectivity index (χ0n) is 12.0. The lowest BCUT2D eigenvalue weighted by molar-refractivity contribution is -0.153. The van der Waals surface area contributed by atoms with Crippen LogP contribution in [-0.2, 0) is 9.53 Å². The van der Waals surface area contributed by atoms with Crippen molar-refractivity contribution >= 4 is 14.0 Å². The van der Waals surface area contributed by atoms with E-state index in [1.807, 2.05) is 0 Å². The van der Waals surface area contributed by atoms with Gasteiger partial charge in [-0.2, -0.15) is 0 Å². The van der Waals surface area contributed by atoms with E-state index in [4.69, 9.17) is 9.47 Å². The van der Waals surface area contributed by atoms with Crippen molar-refractivity contribution in [3.63, 3.8) is 0 Å². The van der Waals surface area contributed by atoms with Gasteiger partial charge in [-0.15, -0.1) is 0 Å². The Bertz CT molecular complexity index is 408. The van der Waals surface area contributed by atoms with E-state index in [2.05, 4.69) is 19.6 Å². The number of carbonyl (C=O) groups excluding carboxylic acids is 1. The maximum atomic E-state index is 11.7. The van der Waals surface area contributed by atoms with Gasteiger partial charge >= 0.3 is 5.97 Å². The zero-order chi connectivity index (χ0) is 14.5. The SMILES string of the molecule is COc1ccc([C@@H](O)C(=O)OCC[Si](C)(C)C)cc1. The van der Waals surface area contributed by atoms with Crippen LogP contribution in [0.3, 0.4) is 0 Å². The smallest absolute Gasteiger partial charge is 0.339 e. The molecule has 0 amide bonds. The van der Waals surface area contributed by atoms with Crippen molar-refractivity contribution in [1.82, 2.24) is 0 Å². The number of hydrogen-bond acceptors (Lipinski definition) is 4. The first-order chi connectivity index (χ1) is 8.83. The van der Waals surface area contributed by atoms with Crippen molar-refractivity contribution in [2.75, 3.05) is 13.7 Å². The molecule has 0 aliphatic rings. The topological polar surface area (TPSA) is 55.8 Å². The second kappa shape index (κ2) is 6.72. The van der Waals surface area contributed by atoms with E-state index in [9.17, 15) is 9.90 Å². The summed E-state index contributed by atoms with van der Waals surface area (Å²) < 4.78 is 10.1. The second-order valence-corrected chi connectivity index (χ2v) is 11.3. The molecule has 1 atom stereocenters. The van der Waals surface area contributed by atoms with Gasteiger partial charge in [0.25, 0.3) is 0 Å². The molecule has 0 fully saturated rings. The minimum Gasteiger partial charge on any atom is -0.497 e. The number of ether oxygens (including phenoxy) is 2. The van der Waals surface area contributed by atoms with Crippen molar-refractivity contribution in [3.05, 3.63) is 29.8 Å². The second-order valence-electron chi connectivity index (χ2n) is 5.65. The van der Waals surface area contributed by atoms with Crippen LogP contribution >= 0.6 is 0 Å². The van der Waals surface area contributed by atoms with E-state index in [1.54, 1.807) is 31.4 Å². The average Bonchev–Trinajstić information content (AvgIpc) is 2.36.